The van der Waals surface area contributed by atoms with Crippen LogP contribution >= 0.6 is 0 Å². The van der Waals surface area contributed by atoms with Crippen molar-refractivity contribution in [1.29, 1.82) is 0 Å². The molecule has 2 aliphatic carbocycles. The Kier molecular flexibility index (Phi) is 12.9. The molecular formula is C48H67N5O9S. The van der Waals surface area contributed by atoms with Crippen LogP contribution in [-0.4, -0.2) is 80.5 Å². The summed E-state index contributed by atoms with van der Waals surface area (Å²) >= 11 is 0. The van der Waals surface area contributed by atoms with Crippen LogP contribution in [-0.2, 0) is 33.9 Å². The Morgan fingerprint density at radius 3 is 2.38 bits per heavy atom. The van der Waals surface area contributed by atoms with Crippen molar-refractivity contribution in [3.63, 3.8) is 0 Å². The SMILES string of the molecule is CC(C)c1nc(-c2cccc3c2nc(O[C@@H]2C[C@H]4C(=O)C[C@]5(C(=O)NS(=O)(=O)C6(C)CC6)C[C@@H]5/C=C\CCCCC[C@H](CC(=O)OC(C)(C)C)C(=O)N4C2)n3C(C)C)oc1C(C)C. The quantitative estimate of drug-likeness (QED) is 0.144. The maximum Gasteiger partial charge on any atom is 0.307 e. The van der Waals surface area contributed by atoms with Gasteiger partial charge in [0.2, 0.25) is 27.7 Å². The molecule has 344 valence electrons. The number of allylic oxidation sites excluding steroid dienone is 2. The number of oxazole rings is 1. The number of hydrogen-bond acceptors (Lipinski definition) is 11. The minimum Gasteiger partial charge on any atom is -0.460 e. The van der Waals surface area contributed by atoms with Gasteiger partial charge in [0.25, 0.3) is 6.01 Å². The minimum atomic E-state index is -3.97. The highest BCUT2D eigenvalue weighted by molar-refractivity contribution is 7.91. The second-order valence-corrected chi connectivity index (χ2v) is 22.8. The van der Waals surface area contributed by atoms with Gasteiger partial charge >= 0.3 is 5.97 Å². The van der Waals surface area contributed by atoms with E-state index in [-0.39, 0.29) is 61.3 Å². The highest BCUT2D eigenvalue weighted by Crippen LogP contribution is 2.58. The summed E-state index contributed by atoms with van der Waals surface area (Å²) in [5.41, 5.74) is 1.04. The Morgan fingerprint density at radius 1 is 1.02 bits per heavy atom. The number of nitrogens with zero attached hydrogens (tertiary/aromatic N) is 4. The number of rotatable bonds is 11. The van der Waals surface area contributed by atoms with E-state index in [9.17, 15) is 27.6 Å². The lowest BCUT2D eigenvalue weighted by atomic mass is 9.90. The van der Waals surface area contributed by atoms with Gasteiger partial charge in [-0.15, -0.1) is 0 Å². The summed E-state index contributed by atoms with van der Waals surface area (Å²) in [4.78, 5) is 68.6. The number of para-hydroxylation sites is 1. The van der Waals surface area contributed by atoms with Crippen LogP contribution < -0.4 is 9.46 Å². The lowest BCUT2D eigenvalue weighted by Gasteiger charge is -2.29. The zero-order valence-electron chi connectivity index (χ0n) is 38.8. The molecule has 4 heterocycles. The predicted octanol–water partition coefficient (Wildman–Crippen LogP) is 8.70. The van der Waals surface area contributed by atoms with E-state index >= 15 is 0 Å². The van der Waals surface area contributed by atoms with Crippen molar-refractivity contribution in [2.45, 2.75) is 180 Å². The molecule has 2 saturated carbocycles. The average Bonchev–Trinajstić information content (AvgIpc) is 3.87. The standard InChI is InChI=1S/C48H67N5O9S/c1-28(2)39-41(29(3)4)61-42(49-39)34-19-16-20-35-40(34)50-45(53(35)30(5)6)60-33-24-36-37(54)26-48(44(57)51-63(58,59)47(10)21-22-47)25-32(48)18-15-13-11-12-14-17-31(43(56)52(36)27-33)23-38(55)62-46(7,8)9/h15-16,18-20,28-33,36H,11-14,17,21-27H2,1-10H3,(H,51,57)/b18-15-/t31-,32+,33-,36+,48-/m1/s1. The van der Waals surface area contributed by atoms with Crippen LogP contribution in [0.4, 0.5) is 0 Å². The summed E-state index contributed by atoms with van der Waals surface area (Å²) in [7, 11) is -3.97. The van der Waals surface area contributed by atoms with E-state index < -0.39 is 55.7 Å². The smallest absolute Gasteiger partial charge is 0.307 e. The second kappa shape index (κ2) is 17.5. The maximum absolute atomic E-state index is 14.9. The highest BCUT2D eigenvalue weighted by atomic mass is 32.2. The van der Waals surface area contributed by atoms with Gasteiger partial charge in [-0.25, -0.2) is 13.4 Å². The van der Waals surface area contributed by atoms with Crippen molar-refractivity contribution < 1.29 is 41.5 Å². The number of Topliss-reactive ketones (excluding diaryl/α,β-unsaturated/α-hetero) is 1. The zero-order chi connectivity index (χ0) is 45.8. The lowest BCUT2D eigenvalue weighted by Crippen LogP contribution is -2.47. The molecule has 0 unspecified atom stereocenters. The number of ether oxygens (including phenoxy) is 2. The molecule has 4 aliphatic rings. The minimum absolute atomic E-state index is 0.0404. The van der Waals surface area contributed by atoms with E-state index in [1.807, 2.05) is 48.8 Å². The van der Waals surface area contributed by atoms with Gasteiger partial charge in [0.1, 0.15) is 23.0 Å². The fourth-order valence-electron chi connectivity index (χ4n) is 9.29. The van der Waals surface area contributed by atoms with Gasteiger partial charge in [0.05, 0.1) is 45.9 Å². The summed E-state index contributed by atoms with van der Waals surface area (Å²) in [6, 6.07) is 5.06. The topological polar surface area (TPSA) is 180 Å². The van der Waals surface area contributed by atoms with Crippen LogP contribution in [0, 0.1) is 17.3 Å². The average molecular weight is 890 g/mol. The fraction of sp³-hybridized carbons (Fsp3) is 0.667. The molecule has 2 aliphatic heterocycles. The molecule has 0 bridgehead atoms. The zero-order valence-corrected chi connectivity index (χ0v) is 39.6. The Morgan fingerprint density at radius 2 is 1.75 bits per heavy atom. The Hall–Kier alpha value is -4.53. The summed E-state index contributed by atoms with van der Waals surface area (Å²) in [5, 5.41) is 0. The van der Waals surface area contributed by atoms with Crippen LogP contribution in [0.1, 0.15) is 169 Å². The first kappa shape index (κ1) is 46.5. The van der Waals surface area contributed by atoms with Gasteiger partial charge < -0.3 is 18.8 Å². The van der Waals surface area contributed by atoms with E-state index in [2.05, 4.69) is 32.4 Å². The van der Waals surface area contributed by atoms with Gasteiger partial charge in [-0.05, 0) is 104 Å². The first-order valence-electron chi connectivity index (χ1n) is 23.0. The number of aromatic nitrogens is 3. The van der Waals surface area contributed by atoms with Crippen LogP contribution in [0.25, 0.3) is 22.5 Å². The molecule has 63 heavy (non-hydrogen) atoms. The van der Waals surface area contributed by atoms with E-state index in [0.29, 0.717) is 55.1 Å². The number of fused-ring (bicyclic) bond motifs is 3. The summed E-state index contributed by atoms with van der Waals surface area (Å²) in [6.45, 7) is 19.4. The largest absolute Gasteiger partial charge is 0.460 e. The fourth-order valence-corrected chi connectivity index (χ4v) is 10.6. The molecular weight excluding hydrogens is 823 g/mol. The summed E-state index contributed by atoms with van der Waals surface area (Å²) in [5.74, 6) is -1.37. The van der Waals surface area contributed by atoms with Crippen LogP contribution in [0.5, 0.6) is 6.01 Å². The molecule has 14 nitrogen and oxygen atoms in total. The number of sulfonamides is 1. The van der Waals surface area contributed by atoms with Crippen LogP contribution in [0.2, 0.25) is 0 Å². The van der Waals surface area contributed by atoms with Crippen LogP contribution in [0.15, 0.2) is 34.8 Å². The number of esters is 1. The summed E-state index contributed by atoms with van der Waals surface area (Å²) in [6.07, 6.45) is 7.71. The lowest BCUT2D eigenvalue weighted by molar-refractivity contribution is -0.159. The van der Waals surface area contributed by atoms with Crippen molar-refractivity contribution in [3.8, 4) is 17.5 Å². The first-order valence-corrected chi connectivity index (χ1v) is 24.5. The van der Waals surface area contributed by atoms with Crippen molar-refractivity contribution in [2.24, 2.45) is 17.3 Å². The summed E-state index contributed by atoms with van der Waals surface area (Å²) < 4.78 is 48.8. The molecule has 0 spiro atoms. The number of nitrogens with one attached hydrogen (secondary N) is 1. The normalized spacial score (nSPS) is 26.0. The van der Waals surface area contributed by atoms with Crippen molar-refractivity contribution >= 4 is 44.6 Å². The van der Waals surface area contributed by atoms with Gasteiger partial charge in [0, 0.05) is 30.7 Å². The third kappa shape index (κ3) is 9.64. The van der Waals surface area contributed by atoms with Crippen molar-refractivity contribution in [3.05, 3.63) is 41.8 Å². The highest BCUT2D eigenvalue weighted by Gasteiger charge is 2.62. The van der Waals surface area contributed by atoms with Gasteiger partial charge in [0.15, 0.2) is 5.78 Å². The van der Waals surface area contributed by atoms with Gasteiger partial charge in [-0.3, -0.25) is 28.5 Å². The number of benzene rings is 1. The number of carbonyl (C=O) groups excluding carboxylic acids is 4. The third-order valence-electron chi connectivity index (χ3n) is 13.3. The van der Waals surface area contributed by atoms with E-state index in [4.69, 9.17) is 23.9 Å². The van der Waals surface area contributed by atoms with E-state index in [0.717, 1.165) is 36.2 Å². The Labute approximate surface area is 372 Å². The molecule has 1 N–H and O–H groups in total. The maximum atomic E-state index is 14.9. The van der Waals surface area contributed by atoms with E-state index in [1.54, 1.807) is 27.7 Å². The molecule has 3 aromatic rings. The Balaban J connectivity index is 1.24. The van der Waals surface area contributed by atoms with E-state index in [1.165, 1.54) is 4.90 Å². The van der Waals surface area contributed by atoms with Crippen molar-refractivity contribution in [2.75, 3.05) is 6.54 Å². The number of ketones is 1. The predicted molar refractivity (Wildman–Crippen MR) is 239 cm³/mol. The first-order chi connectivity index (χ1) is 29.5. The molecule has 2 aromatic heterocycles. The molecule has 1 aromatic carbocycles. The number of amides is 2. The molecule has 7 rings (SSSR count). The van der Waals surface area contributed by atoms with Gasteiger partial charge in [-0.2, -0.15) is 4.98 Å². The third-order valence-corrected chi connectivity index (χ3v) is 15.4. The van der Waals surface area contributed by atoms with Crippen molar-refractivity contribution in [1.82, 2.24) is 24.2 Å². The molecule has 3 fully saturated rings. The second-order valence-electron chi connectivity index (χ2n) is 20.6. The van der Waals surface area contributed by atoms with Gasteiger partial charge in [-0.1, -0.05) is 58.8 Å². The molecule has 2 amide bonds. The monoisotopic (exact) mass is 889 g/mol. The molecule has 0 radical (unpaired) electrons. The number of hydrogen-bond donors (Lipinski definition) is 1. The number of imidazole rings is 1. The number of carbonyl (C=O) groups is 4. The molecule has 1 saturated heterocycles. The Bertz CT molecular complexity index is 2360. The molecule has 5 atom stereocenters. The van der Waals surface area contributed by atoms with Crippen LogP contribution in [0.3, 0.4) is 0 Å². The molecule has 15 heteroatoms.